The van der Waals surface area contributed by atoms with Crippen molar-refractivity contribution in [3.05, 3.63) is 83.9 Å². The van der Waals surface area contributed by atoms with Crippen molar-refractivity contribution in [1.82, 2.24) is 10.3 Å². The number of fused-ring (bicyclic) bond motifs is 1. The number of nitrogens with one attached hydrogen (secondary N) is 2. The molecule has 32 heavy (non-hydrogen) atoms. The third-order valence-electron chi connectivity index (χ3n) is 5.06. The summed E-state index contributed by atoms with van der Waals surface area (Å²) in [5, 5.41) is 4.47. The van der Waals surface area contributed by atoms with E-state index in [0.29, 0.717) is 5.88 Å². The number of benzene rings is 3. The molecule has 0 atom stereocenters. The predicted octanol–water partition coefficient (Wildman–Crippen LogP) is 5.13. The second-order valence-corrected chi connectivity index (χ2v) is 8.75. The number of carbonyl (C=O) groups excluding carboxylic acids is 1. The zero-order chi connectivity index (χ0) is 22.5. The summed E-state index contributed by atoms with van der Waals surface area (Å²) in [5.74, 6) is 0.368. The highest BCUT2D eigenvalue weighted by molar-refractivity contribution is 7.99. The highest BCUT2D eigenvalue weighted by atomic mass is 32.2. The molecule has 0 fully saturated rings. The Morgan fingerprint density at radius 3 is 2.38 bits per heavy atom. The number of nitrogens with zero attached hydrogens (tertiary/aromatic N) is 1. The fraction of sp³-hybridized carbons (Fsp3) is 0.160. The number of aromatic amines is 1. The largest absolute Gasteiger partial charge is 0.411 e. The van der Waals surface area contributed by atoms with E-state index in [1.54, 1.807) is 0 Å². The van der Waals surface area contributed by atoms with E-state index < -0.39 is 6.09 Å². The van der Waals surface area contributed by atoms with E-state index in [-0.39, 0.29) is 0 Å². The van der Waals surface area contributed by atoms with Crippen molar-refractivity contribution < 1.29 is 9.53 Å². The molecule has 4 rings (SSSR count). The molecule has 0 saturated heterocycles. The van der Waals surface area contributed by atoms with Crippen LogP contribution in [-0.4, -0.2) is 25.2 Å². The molecule has 4 aromatic rings. The lowest BCUT2D eigenvalue weighted by atomic mass is 10.1. The Morgan fingerprint density at radius 2 is 1.69 bits per heavy atom. The summed E-state index contributed by atoms with van der Waals surface area (Å²) in [6.07, 6.45) is -0.839. The number of rotatable bonds is 8. The number of hydrogen-bond acceptors (Lipinski definition) is 5. The zero-order valence-electron chi connectivity index (χ0n) is 18.1. The summed E-state index contributed by atoms with van der Waals surface area (Å²) < 4.78 is 5.25. The number of ether oxygens (including phenoxy) is 1. The first kappa shape index (κ1) is 21.8. The van der Waals surface area contributed by atoms with E-state index in [1.165, 1.54) is 23.0 Å². The molecule has 0 radical (unpaired) electrons. The summed E-state index contributed by atoms with van der Waals surface area (Å²) in [4.78, 5) is 18.6. The zero-order valence-corrected chi connectivity index (χ0v) is 18.9. The van der Waals surface area contributed by atoms with Gasteiger partial charge in [-0.1, -0.05) is 54.2 Å². The molecule has 1 heterocycles. The first-order chi connectivity index (χ1) is 15.5. The molecule has 0 unspecified atom stereocenters. The maximum absolute atomic E-state index is 11.4. The topological polar surface area (TPSA) is 83.4 Å². The Morgan fingerprint density at radius 1 is 1.00 bits per heavy atom. The van der Waals surface area contributed by atoms with Gasteiger partial charge in [-0.15, -0.1) is 0 Å². The molecule has 0 aliphatic rings. The molecule has 1 aromatic heterocycles. The lowest BCUT2D eigenvalue weighted by Gasteiger charge is -2.13. The Bertz CT molecular complexity index is 1200. The summed E-state index contributed by atoms with van der Waals surface area (Å²) in [6, 6.07) is 24.7. The van der Waals surface area contributed by atoms with Crippen molar-refractivity contribution in [3.8, 4) is 5.88 Å². The second-order valence-electron chi connectivity index (χ2n) is 7.66. The molecule has 0 aliphatic carbocycles. The number of H-pyrrole nitrogens is 1. The van der Waals surface area contributed by atoms with E-state index in [4.69, 9.17) is 10.5 Å². The van der Waals surface area contributed by atoms with Gasteiger partial charge in [0.2, 0.25) is 5.88 Å². The second kappa shape index (κ2) is 9.80. The normalized spacial score (nSPS) is 10.9. The van der Waals surface area contributed by atoms with Gasteiger partial charge >= 0.3 is 6.09 Å². The molecular weight excluding hydrogens is 420 g/mol. The molecular formula is C25H26N4O2S. The van der Waals surface area contributed by atoms with Crippen LogP contribution in [-0.2, 0) is 13.1 Å². The van der Waals surface area contributed by atoms with Crippen molar-refractivity contribution in [2.45, 2.75) is 22.9 Å². The molecule has 7 heteroatoms. The molecule has 0 aliphatic heterocycles. The van der Waals surface area contributed by atoms with Crippen LogP contribution in [0.25, 0.3) is 10.9 Å². The van der Waals surface area contributed by atoms with Crippen molar-refractivity contribution in [3.63, 3.8) is 0 Å². The summed E-state index contributed by atoms with van der Waals surface area (Å²) in [6.45, 7) is 1.50. The van der Waals surface area contributed by atoms with Gasteiger partial charge in [0.05, 0.1) is 4.90 Å². The number of nitrogens with two attached hydrogens (primary N) is 1. The average molecular weight is 447 g/mol. The lowest BCUT2D eigenvalue weighted by Crippen LogP contribution is -2.16. The highest BCUT2D eigenvalue weighted by Gasteiger charge is 2.16. The van der Waals surface area contributed by atoms with Crippen LogP contribution in [0.15, 0.2) is 82.6 Å². The number of anilines is 1. The number of carbonyl (C=O) groups is 1. The van der Waals surface area contributed by atoms with Crippen LogP contribution in [0.2, 0.25) is 0 Å². The molecule has 6 nitrogen and oxygen atoms in total. The molecule has 0 spiro atoms. The van der Waals surface area contributed by atoms with Crippen LogP contribution < -0.4 is 20.7 Å². The lowest BCUT2D eigenvalue weighted by molar-refractivity contribution is 0.208. The Hall–Kier alpha value is -3.42. The van der Waals surface area contributed by atoms with Gasteiger partial charge in [-0.25, -0.2) is 4.79 Å². The van der Waals surface area contributed by atoms with Crippen molar-refractivity contribution in [2.24, 2.45) is 5.73 Å². The van der Waals surface area contributed by atoms with Crippen LogP contribution in [0.5, 0.6) is 5.88 Å². The monoisotopic (exact) mass is 446 g/mol. The molecule has 4 N–H and O–H groups in total. The van der Waals surface area contributed by atoms with E-state index >= 15 is 0 Å². The average Bonchev–Trinajstić information content (AvgIpc) is 3.10. The molecule has 164 valence electrons. The van der Waals surface area contributed by atoms with Crippen molar-refractivity contribution >= 4 is 34.4 Å². The molecule has 3 aromatic carbocycles. The van der Waals surface area contributed by atoms with Gasteiger partial charge in [-0.05, 0) is 41.5 Å². The Labute approximate surface area is 191 Å². The van der Waals surface area contributed by atoms with Gasteiger partial charge in [0.25, 0.3) is 0 Å². The Kier molecular flexibility index (Phi) is 6.68. The summed E-state index contributed by atoms with van der Waals surface area (Å²) in [5.41, 5.74) is 9.73. The van der Waals surface area contributed by atoms with Gasteiger partial charge in [0, 0.05) is 48.7 Å². The van der Waals surface area contributed by atoms with E-state index in [9.17, 15) is 4.79 Å². The minimum absolute atomic E-state index is 0.368. The minimum Gasteiger partial charge on any atom is -0.392 e. The van der Waals surface area contributed by atoms with Gasteiger partial charge in [-0.2, -0.15) is 0 Å². The number of amides is 1. The number of hydrogen-bond donors (Lipinski definition) is 3. The maximum Gasteiger partial charge on any atom is 0.411 e. The SMILES string of the molecule is CN(C)c1ccc(CNCc2ccc3c(Sc4ccccc4)c(OC(N)=O)[nH]c3c2)cc1. The van der Waals surface area contributed by atoms with Gasteiger partial charge < -0.3 is 25.7 Å². The Balaban J connectivity index is 1.49. The van der Waals surface area contributed by atoms with Crippen molar-refractivity contribution in [2.75, 3.05) is 19.0 Å². The first-order valence-corrected chi connectivity index (χ1v) is 11.1. The van der Waals surface area contributed by atoms with Crippen LogP contribution in [0.4, 0.5) is 10.5 Å². The third kappa shape index (κ3) is 5.25. The molecule has 0 bridgehead atoms. The van der Waals surface area contributed by atoms with Gasteiger partial charge in [-0.3, -0.25) is 0 Å². The number of primary amides is 1. The van der Waals surface area contributed by atoms with Crippen LogP contribution in [0.3, 0.4) is 0 Å². The first-order valence-electron chi connectivity index (χ1n) is 10.3. The standard InChI is InChI=1S/C25H26N4O2S/c1-29(2)19-11-8-17(9-12-19)15-27-16-18-10-13-21-22(14-18)28-24(31-25(26)30)23(21)32-20-6-4-3-5-7-20/h3-14,27-28H,15-16H2,1-2H3,(H2,26,30). The molecule has 1 amide bonds. The number of aromatic nitrogens is 1. The van der Waals surface area contributed by atoms with Gasteiger partial charge in [0.15, 0.2) is 0 Å². The quantitative estimate of drug-likeness (QED) is 0.349. The van der Waals surface area contributed by atoms with Crippen LogP contribution in [0, 0.1) is 0 Å². The predicted molar refractivity (Wildman–Crippen MR) is 130 cm³/mol. The van der Waals surface area contributed by atoms with E-state index in [0.717, 1.165) is 39.3 Å². The molecule has 0 saturated carbocycles. The fourth-order valence-electron chi connectivity index (χ4n) is 3.45. The summed E-state index contributed by atoms with van der Waals surface area (Å²) in [7, 11) is 4.07. The smallest absolute Gasteiger partial charge is 0.392 e. The maximum atomic E-state index is 11.4. The third-order valence-corrected chi connectivity index (χ3v) is 6.18. The summed E-state index contributed by atoms with van der Waals surface area (Å²) >= 11 is 1.53. The fourth-order valence-corrected chi connectivity index (χ4v) is 4.45. The van der Waals surface area contributed by atoms with Gasteiger partial charge in [0.1, 0.15) is 0 Å². The minimum atomic E-state index is -0.839. The van der Waals surface area contributed by atoms with Crippen molar-refractivity contribution in [1.29, 1.82) is 0 Å². The van der Waals surface area contributed by atoms with Crippen LogP contribution >= 0.6 is 11.8 Å². The van der Waals surface area contributed by atoms with Crippen LogP contribution in [0.1, 0.15) is 11.1 Å². The van der Waals surface area contributed by atoms with E-state index in [1.807, 2.05) is 50.5 Å². The van der Waals surface area contributed by atoms with E-state index in [2.05, 4.69) is 51.6 Å². The highest BCUT2D eigenvalue weighted by Crippen LogP contribution is 2.41.